The molecule has 0 radical (unpaired) electrons. The van der Waals surface area contributed by atoms with Gasteiger partial charge in [0.2, 0.25) is 0 Å². The summed E-state index contributed by atoms with van der Waals surface area (Å²) in [5, 5.41) is 3.66. The molecule has 2 aromatic rings. The Morgan fingerprint density at radius 1 is 1.22 bits per heavy atom. The molecule has 1 aromatic carbocycles. The Bertz CT molecular complexity index is 549. The van der Waals surface area contributed by atoms with Crippen LogP contribution >= 0.6 is 11.8 Å². The van der Waals surface area contributed by atoms with Crippen LogP contribution in [-0.4, -0.2) is 16.5 Å². The predicted octanol–water partition coefficient (Wildman–Crippen LogP) is 3.34. The molecule has 0 fully saturated rings. The average Bonchev–Trinajstić information content (AvgIpc) is 2.35. The van der Waals surface area contributed by atoms with Crippen LogP contribution in [-0.2, 0) is 0 Å². The molecule has 6 heteroatoms. The Labute approximate surface area is 108 Å². The Kier molecular flexibility index (Phi) is 4.09. The second-order valence-electron chi connectivity index (χ2n) is 3.45. The average molecular weight is 267 g/mol. The molecule has 1 heterocycles. The fourth-order valence-corrected chi connectivity index (χ4v) is 2.12. The minimum absolute atomic E-state index is 0.580. The van der Waals surface area contributed by atoms with Crippen molar-refractivity contribution < 1.29 is 8.78 Å². The van der Waals surface area contributed by atoms with Gasteiger partial charge in [-0.1, -0.05) is 11.8 Å². The molecule has 0 atom stereocenters. The molecule has 3 nitrogen and oxygen atoms in total. The van der Waals surface area contributed by atoms with Crippen molar-refractivity contribution in [3.05, 3.63) is 42.2 Å². The van der Waals surface area contributed by atoms with Crippen molar-refractivity contribution in [2.45, 2.75) is 16.8 Å². The highest BCUT2D eigenvalue weighted by atomic mass is 32.2. The van der Waals surface area contributed by atoms with E-state index in [9.17, 15) is 8.78 Å². The van der Waals surface area contributed by atoms with E-state index in [2.05, 4.69) is 15.3 Å². The largest absolute Gasteiger partial charge is 0.369 e. The molecule has 0 unspecified atom stereocenters. The van der Waals surface area contributed by atoms with Crippen LogP contribution in [0.25, 0.3) is 0 Å². The summed E-state index contributed by atoms with van der Waals surface area (Å²) in [7, 11) is 0. The first-order chi connectivity index (χ1) is 8.69. The van der Waals surface area contributed by atoms with Gasteiger partial charge in [-0.15, -0.1) is 0 Å². The molecule has 0 bridgehead atoms. The molecule has 0 aliphatic heterocycles. The fraction of sp³-hybridized carbons (Fsp3) is 0.167. The molecular formula is C12H11F2N3S. The van der Waals surface area contributed by atoms with Crippen LogP contribution in [0.5, 0.6) is 0 Å². The third kappa shape index (κ3) is 3.16. The van der Waals surface area contributed by atoms with Gasteiger partial charge in [0.25, 0.3) is 0 Å². The smallest absolute Gasteiger partial charge is 0.159 e. The lowest BCUT2D eigenvalue weighted by Gasteiger charge is -2.04. The van der Waals surface area contributed by atoms with Crippen molar-refractivity contribution in [3.63, 3.8) is 0 Å². The number of anilines is 1. The van der Waals surface area contributed by atoms with Gasteiger partial charge < -0.3 is 5.32 Å². The van der Waals surface area contributed by atoms with E-state index in [1.807, 2.05) is 6.92 Å². The number of aromatic nitrogens is 2. The van der Waals surface area contributed by atoms with Crippen molar-refractivity contribution in [1.29, 1.82) is 0 Å². The van der Waals surface area contributed by atoms with Gasteiger partial charge in [-0.25, -0.2) is 13.8 Å². The van der Waals surface area contributed by atoms with Gasteiger partial charge in [0.05, 0.1) is 12.4 Å². The molecule has 0 aliphatic rings. The summed E-state index contributed by atoms with van der Waals surface area (Å²) >= 11 is 1.23. The highest BCUT2D eigenvalue weighted by Crippen LogP contribution is 2.27. The van der Waals surface area contributed by atoms with Crippen molar-refractivity contribution in [2.24, 2.45) is 0 Å². The zero-order valence-corrected chi connectivity index (χ0v) is 10.5. The number of nitrogens with zero attached hydrogens (tertiary/aromatic N) is 2. The summed E-state index contributed by atoms with van der Waals surface area (Å²) < 4.78 is 25.8. The Hall–Kier alpha value is -1.69. The highest BCUT2D eigenvalue weighted by molar-refractivity contribution is 7.99. The van der Waals surface area contributed by atoms with Crippen LogP contribution in [0.4, 0.5) is 14.6 Å². The minimum Gasteiger partial charge on any atom is -0.369 e. The molecule has 0 amide bonds. The van der Waals surface area contributed by atoms with Crippen LogP contribution in [0.2, 0.25) is 0 Å². The Balaban J connectivity index is 2.17. The van der Waals surface area contributed by atoms with Gasteiger partial charge in [-0.2, -0.15) is 0 Å². The Morgan fingerprint density at radius 3 is 2.78 bits per heavy atom. The summed E-state index contributed by atoms with van der Waals surface area (Å²) in [5.74, 6) is -1.06. The fourth-order valence-electron chi connectivity index (χ4n) is 1.32. The van der Waals surface area contributed by atoms with E-state index in [0.717, 1.165) is 18.7 Å². The molecule has 94 valence electrons. The van der Waals surface area contributed by atoms with Crippen LogP contribution in [0.15, 0.2) is 40.5 Å². The van der Waals surface area contributed by atoms with E-state index in [4.69, 9.17) is 0 Å². The number of halogens is 2. The van der Waals surface area contributed by atoms with E-state index in [0.29, 0.717) is 15.7 Å². The summed E-state index contributed by atoms with van der Waals surface area (Å²) in [6.07, 6.45) is 3.19. The van der Waals surface area contributed by atoms with Gasteiger partial charge in [-0.3, -0.25) is 4.98 Å². The van der Waals surface area contributed by atoms with Crippen LogP contribution < -0.4 is 5.32 Å². The molecule has 1 N–H and O–H groups in total. The quantitative estimate of drug-likeness (QED) is 0.922. The van der Waals surface area contributed by atoms with E-state index in [1.165, 1.54) is 17.8 Å². The maximum absolute atomic E-state index is 13.0. The summed E-state index contributed by atoms with van der Waals surface area (Å²) in [6.45, 7) is 2.70. The van der Waals surface area contributed by atoms with Crippen molar-refractivity contribution in [2.75, 3.05) is 11.9 Å². The number of nitrogens with one attached hydrogen (secondary N) is 1. The highest BCUT2D eigenvalue weighted by Gasteiger charge is 2.05. The second-order valence-corrected chi connectivity index (χ2v) is 4.54. The lowest BCUT2D eigenvalue weighted by atomic mass is 10.3. The van der Waals surface area contributed by atoms with E-state index < -0.39 is 11.6 Å². The second kappa shape index (κ2) is 5.77. The molecule has 0 aliphatic carbocycles. The maximum atomic E-state index is 13.0. The SMILES string of the molecule is CCNc1cncc(Sc2ccc(F)c(F)c2)n1. The number of rotatable bonds is 4. The summed E-state index contributed by atoms with van der Waals surface area (Å²) in [4.78, 5) is 8.89. The molecule has 0 saturated heterocycles. The van der Waals surface area contributed by atoms with E-state index in [-0.39, 0.29) is 0 Å². The normalized spacial score (nSPS) is 10.4. The first-order valence-corrected chi connectivity index (χ1v) is 6.19. The topological polar surface area (TPSA) is 37.8 Å². The maximum Gasteiger partial charge on any atom is 0.159 e. The molecule has 1 aromatic heterocycles. The van der Waals surface area contributed by atoms with Gasteiger partial charge in [0, 0.05) is 11.4 Å². The predicted molar refractivity (Wildman–Crippen MR) is 66.7 cm³/mol. The standard InChI is InChI=1S/C12H11F2N3S/c1-2-16-11-6-15-7-12(17-11)18-8-3-4-9(13)10(14)5-8/h3-7H,2H2,1H3,(H,16,17). The first-order valence-electron chi connectivity index (χ1n) is 5.38. The van der Waals surface area contributed by atoms with Gasteiger partial charge in [0.15, 0.2) is 11.6 Å². The van der Waals surface area contributed by atoms with Crippen molar-refractivity contribution >= 4 is 17.6 Å². The summed E-state index contributed by atoms with van der Waals surface area (Å²) in [5.41, 5.74) is 0. The van der Waals surface area contributed by atoms with Crippen molar-refractivity contribution in [3.8, 4) is 0 Å². The monoisotopic (exact) mass is 267 g/mol. The lowest BCUT2D eigenvalue weighted by molar-refractivity contribution is 0.506. The van der Waals surface area contributed by atoms with E-state index >= 15 is 0 Å². The van der Waals surface area contributed by atoms with Crippen molar-refractivity contribution in [1.82, 2.24) is 9.97 Å². The first kappa shape index (κ1) is 12.8. The van der Waals surface area contributed by atoms with Crippen LogP contribution in [0.1, 0.15) is 6.92 Å². The Morgan fingerprint density at radius 2 is 2.06 bits per heavy atom. The lowest BCUT2D eigenvalue weighted by Crippen LogP contribution is -2.00. The number of benzene rings is 1. The molecule has 0 saturated carbocycles. The minimum atomic E-state index is -0.865. The number of hydrogen-bond acceptors (Lipinski definition) is 4. The van der Waals surface area contributed by atoms with Gasteiger partial charge in [-0.05, 0) is 25.1 Å². The van der Waals surface area contributed by atoms with Crippen LogP contribution in [0.3, 0.4) is 0 Å². The van der Waals surface area contributed by atoms with Crippen LogP contribution in [0, 0.1) is 11.6 Å². The molecule has 18 heavy (non-hydrogen) atoms. The molecular weight excluding hydrogens is 256 g/mol. The van der Waals surface area contributed by atoms with Gasteiger partial charge >= 0.3 is 0 Å². The molecule has 0 spiro atoms. The molecule has 2 rings (SSSR count). The van der Waals surface area contributed by atoms with E-state index in [1.54, 1.807) is 12.4 Å². The zero-order chi connectivity index (χ0) is 13.0. The summed E-state index contributed by atoms with van der Waals surface area (Å²) in [6, 6.07) is 3.74. The number of hydrogen-bond donors (Lipinski definition) is 1. The van der Waals surface area contributed by atoms with Gasteiger partial charge in [0.1, 0.15) is 10.8 Å². The third-order valence-electron chi connectivity index (χ3n) is 2.08. The zero-order valence-electron chi connectivity index (χ0n) is 9.65. The third-order valence-corrected chi connectivity index (χ3v) is 2.98.